The molecular weight excluding hydrogens is 386 g/mol. The second kappa shape index (κ2) is 7.48. The van der Waals surface area contributed by atoms with Crippen LogP contribution < -0.4 is 10.1 Å². The van der Waals surface area contributed by atoms with Crippen LogP contribution in [0.4, 0.5) is 5.69 Å². The van der Waals surface area contributed by atoms with Gasteiger partial charge in [-0.1, -0.05) is 11.6 Å². The molecule has 5 nitrogen and oxygen atoms in total. The van der Waals surface area contributed by atoms with E-state index in [4.69, 9.17) is 21.4 Å². The minimum Gasteiger partial charge on any atom is -0.493 e. The van der Waals surface area contributed by atoms with Gasteiger partial charge < -0.3 is 15.2 Å². The molecule has 0 bridgehead atoms. The zero-order valence-electron chi connectivity index (χ0n) is 12.1. The Balaban J connectivity index is 2.21. The van der Waals surface area contributed by atoms with E-state index in [1.165, 1.54) is 18.2 Å². The van der Waals surface area contributed by atoms with Crippen molar-refractivity contribution in [2.24, 2.45) is 0 Å². The Hall–Kier alpha value is -2.05. The summed E-state index contributed by atoms with van der Waals surface area (Å²) < 4.78 is 6.05. The molecule has 0 fully saturated rings. The summed E-state index contributed by atoms with van der Waals surface area (Å²) in [6, 6.07) is 9.22. The number of ether oxygens (including phenoxy) is 1. The summed E-state index contributed by atoms with van der Waals surface area (Å²) in [5, 5.41) is 11.8. The standard InChI is InChI=1S/C16H13BrClNO4/c1-2-23-14-6-3-9(7-12(14)17)15(20)19-10-4-5-13(18)11(8-10)16(21)22/h3-8H,2H2,1H3,(H,19,20)(H,21,22). The smallest absolute Gasteiger partial charge is 0.337 e. The summed E-state index contributed by atoms with van der Waals surface area (Å²) in [5.41, 5.74) is 0.686. The van der Waals surface area contributed by atoms with Crippen molar-refractivity contribution < 1.29 is 19.4 Å². The highest BCUT2D eigenvalue weighted by molar-refractivity contribution is 9.10. The van der Waals surface area contributed by atoms with Crippen LogP contribution in [0.15, 0.2) is 40.9 Å². The third-order valence-electron chi connectivity index (χ3n) is 2.95. The van der Waals surface area contributed by atoms with Crippen LogP contribution in [0.2, 0.25) is 5.02 Å². The largest absolute Gasteiger partial charge is 0.493 e. The lowest BCUT2D eigenvalue weighted by atomic mass is 10.1. The Labute approximate surface area is 146 Å². The second-order valence-corrected chi connectivity index (χ2v) is 5.79. The molecule has 2 aromatic carbocycles. The maximum absolute atomic E-state index is 12.2. The maximum Gasteiger partial charge on any atom is 0.337 e. The summed E-state index contributed by atoms with van der Waals surface area (Å²) in [4.78, 5) is 23.3. The van der Waals surface area contributed by atoms with Crippen LogP contribution in [0.1, 0.15) is 27.6 Å². The summed E-state index contributed by atoms with van der Waals surface area (Å²) in [6.45, 7) is 2.39. The van der Waals surface area contributed by atoms with E-state index in [2.05, 4.69) is 21.2 Å². The minimum absolute atomic E-state index is 0.0719. The Bertz CT molecular complexity index is 764. The highest BCUT2D eigenvalue weighted by Crippen LogP contribution is 2.27. The maximum atomic E-state index is 12.2. The molecule has 0 radical (unpaired) electrons. The number of carbonyl (C=O) groups excluding carboxylic acids is 1. The quantitative estimate of drug-likeness (QED) is 0.780. The monoisotopic (exact) mass is 397 g/mol. The fourth-order valence-electron chi connectivity index (χ4n) is 1.88. The van der Waals surface area contributed by atoms with Gasteiger partial charge in [0.2, 0.25) is 0 Å². The molecule has 0 saturated heterocycles. The van der Waals surface area contributed by atoms with Crippen LogP contribution >= 0.6 is 27.5 Å². The molecule has 1 amide bonds. The molecule has 0 unspecified atom stereocenters. The molecular formula is C16H13BrClNO4. The van der Waals surface area contributed by atoms with Crippen molar-refractivity contribution in [2.45, 2.75) is 6.92 Å². The average Bonchev–Trinajstić information content (AvgIpc) is 2.51. The molecule has 0 aliphatic carbocycles. The van der Waals surface area contributed by atoms with Gasteiger partial charge in [0.25, 0.3) is 5.91 Å². The molecule has 0 spiro atoms. The molecule has 2 aromatic rings. The third-order valence-corrected chi connectivity index (χ3v) is 3.90. The second-order valence-electron chi connectivity index (χ2n) is 4.53. The average molecular weight is 399 g/mol. The van der Waals surface area contributed by atoms with E-state index in [0.717, 1.165) is 0 Å². The number of amides is 1. The van der Waals surface area contributed by atoms with E-state index in [-0.39, 0.29) is 16.5 Å². The van der Waals surface area contributed by atoms with Gasteiger partial charge in [-0.25, -0.2) is 4.79 Å². The fraction of sp³-hybridized carbons (Fsp3) is 0.125. The van der Waals surface area contributed by atoms with Crippen molar-refractivity contribution in [1.82, 2.24) is 0 Å². The van der Waals surface area contributed by atoms with Crippen LogP contribution in [0.5, 0.6) is 5.75 Å². The van der Waals surface area contributed by atoms with Crippen LogP contribution in [0.25, 0.3) is 0 Å². The number of carbonyl (C=O) groups is 2. The predicted octanol–water partition coefficient (Wildman–Crippen LogP) is 4.45. The Kier molecular flexibility index (Phi) is 5.63. The first-order valence-corrected chi connectivity index (χ1v) is 7.86. The molecule has 7 heteroatoms. The topological polar surface area (TPSA) is 75.6 Å². The first-order chi connectivity index (χ1) is 10.9. The van der Waals surface area contributed by atoms with Gasteiger partial charge in [-0.05, 0) is 59.3 Å². The van der Waals surface area contributed by atoms with Gasteiger partial charge in [-0.3, -0.25) is 4.79 Å². The minimum atomic E-state index is -1.16. The molecule has 0 aromatic heterocycles. The van der Waals surface area contributed by atoms with Crippen molar-refractivity contribution >= 4 is 45.1 Å². The van der Waals surface area contributed by atoms with E-state index in [1.54, 1.807) is 18.2 Å². The number of benzene rings is 2. The first kappa shape index (κ1) is 17.3. The lowest BCUT2D eigenvalue weighted by molar-refractivity contribution is 0.0696. The highest BCUT2D eigenvalue weighted by Gasteiger charge is 2.13. The number of carboxylic acids is 1. The molecule has 0 saturated carbocycles. The molecule has 120 valence electrons. The summed E-state index contributed by atoms with van der Waals surface area (Å²) in [5.74, 6) is -0.883. The number of anilines is 1. The predicted molar refractivity (Wildman–Crippen MR) is 91.7 cm³/mol. The van der Waals surface area contributed by atoms with Crippen LogP contribution in [0, 0.1) is 0 Å². The summed E-state index contributed by atoms with van der Waals surface area (Å²) in [6.07, 6.45) is 0. The number of hydrogen-bond donors (Lipinski definition) is 2. The van der Waals surface area contributed by atoms with Gasteiger partial charge in [0.15, 0.2) is 0 Å². The van der Waals surface area contributed by atoms with Crippen LogP contribution in [0.3, 0.4) is 0 Å². The van der Waals surface area contributed by atoms with Crippen molar-refractivity contribution in [1.29, 1.82) is 0 Å². The molecule has 23 heavy (non-hydrogen) atoms. The number of aromatic carboxylic acids is 1. The zero-order chi connectivity index (χ0) is 17.0. The number of hydrogen-bond acceptors (Lipinski definition) is 3. The highest BCUT2D eigenvalue weighted by atomic mass is 79.9. The van der Waals surface area contributed by atoms with Crippen molar-refractivity contribution in [3.63, 3.8) is 0 Å². The van der Waals surface area contributed by atoms with Crippen LogP contribution in [-0.4, -0.2) is 23.6 Å². The van der Waals surface area contributed by atoms with Gasteiger partial charge in [0, 0.05) is 11.3 Å². The third kappa shape index (κ3) is 4.24. The Morgan fingerprint density at radius 1 is 1.26 bits per heavy atom. The lowest BCUT2D eigenvalue weighted by Gasteiger charge is -2.09. The molecule has 0 aliphatic rings. The van der Waals surface area contributed by atoms with E-state index in [0.29, 0.717) is 28.1 Å². The van der Waals surface area contributed by atoms with Gasteiger partial charge >= 0.3 is 5.97 Å². The number of rotatable bonds is 5. The Morgan fingerprint density at radius 2 is 2.00 bits per heavy atom. The first-order valence-electron chi connectivity index (χ1n) is 6.69. The van der Waals surface area contributed by atoms with E-state index in [9.17, 15) is 9.59 Å². The normalized spacial score (nSPS) is 10.2. The SMILES string of the molecule is CCOc1ccc(C(=O)Nc2ccc(Cl)c(C(=O)O)c2)cc1Br. The number of nitrogens with one attached hydrogen (secondary N) is 1. The van der Waals surface area contributed by atoms with Crippen molar-refractivity contribution in [3.8, 4) is 5.75 Å². The fourth-order valence-corrected chi connectivity index (χ4v) is 2.58. The van der Waals surface area contributed by atoms with E-state index in [1.807, 2.05) is 6.92 Å². The number of carboxylic acid groups (broad SMARTS) is 1. The van der Waals surface area contributed by atoms with Gasteiger partial charge in [-0.2, -0.15) is 0 Å². The van der Waals surface area contributed by atoms with Gasteiger partial charge in [-0.15, -0.1) is 0 Å². The van der Waals surface area contributed by atoms with Crippen LogP contribution in [-0.2, 0) is 0 Å². The molecule has 0 aliphatic heterocycles. The van der Waals surface area contributed by atoms with E-state index < -0.39 is 5.97 Å². The summed E-state index contributed by atoms with van der Waals surface area (Å²) in [7, 11) is 0. The van der Waals surface area contributed by atoms with Crippen molar-refractivity contribution in [3.05, 3.63) is 57.0 Å². The Morgan fingerprint density at radius 3 is 2.61 bits per heavy atom. The lowest BCUT2D eigenvalue weighted by Crippen LogP contribution is -2.12. The van der Waals surface area contributed by atoms with Gasteiger partial charge in [0.1, 0.15) is 5.75 Å². The van der Waals surface area contributed by atoms with Crippen molar-refractivity contribution in [2.75, 3.05) is 11.9 Å². The molecule has 0 heterocycles. The number of halogens is 2. The molecule has 0 atom stereocenters. The zero-order valence-corrected chi connectivity index (χ0v) is 14.4. The summed E-state index contributed by atoms with van der Waals surface area (Å²) >= 11 is 9.14. The molecule has 2 N–H and O–H groups in total. The van der Waals surface area contributed by atoms with Gasteiger partial charge in [0.05, 0.1) is 21.7 Å². The van der Waals surface area contributed by atoms with E-state index >= 15 is 0 Å². The molecule has 2 rings (SSSR count).